The Labute approximate surface area is 292 Å². The van der Waals surface area contributed by atoms with Crippen LogP contribution in [0.3, 0.4) is 0 Å². The Hall–Kier alpha value is -4.56. The number of hydrogen-bond donors (Lipinski definition) is 1. The van der Waals surface area contributed by atoms with Crippen molar-refractivity contribution in [1.29, 1.82) is 5.26 Å². The number of anilines is 2. The highest BCUT2D eigenvalue weighted by Crippen LogP contribution is 2.48. The number of nitrogens with zero attached hydrogens (tertiary/aromatic N) is 6. The number of ether oxygens (including phenoxy) is 2. The van der Waals surface area contributed by atoms with Crippen molar-refractivity contribution in [3.05, 3.63) is 41.0 Å². The predicted octanol–water partition coefficient (Wildman–Crippen LogP) is 6.88. The fourth-order valence-electron chi connectivity index (χ4n) is 7.93. The zero-order chi connectivity index (χ0) is 36.4. The number of carbonyl (C=O) groups is 1. The average molecular weight is 734 g/mol. The molecule has 0 spiro atoms. The number of amides is 1. The van der Waals surface area contributed by atoms with Gasteiger partial charge < -0.3 is 20.1 Å². The molecule has 51 heavy (non-hydrogen) atoms. The summed E-state index contributed by atoms with van der Waals surface area (Å²) in [5.74, 6) is -2.18. The van der Waals surface area contributed by atoms with Crippen LogP contribution in [-0.2, 0) is 10.9 Å². The number of halogens is 6. The van der Waals surface area contributed by atoms with Crippen LogP contribution in [0, 0.1) is 23.0 Å². The number of cyclic esters (lactones) is 1. The van der Waals surface area contributed by atoms with Crippen molar-refractivity contribution in [2.45, 2.75) is 63.1 Å². The third-order valence-electron chi connectivity index (χ3n) is 10.2. The van der Waals surface area contributed by atoms with E-state index in [-0.39, 0.29) is 68.7 Å². The van der Waals surface area contributed by atoms with E-state index in [0.29, 0.717) is 36.9 Å². The first kappa shape index (κ1) is 34.9. The summed E-state index contributed by atoms with van der Waals surface area (Å²) in [6.07, 6.45) is -2.26. The summed E-state index contributed by atoms with van der Waals surface area (Å²) < 4.78 is 98.2. The third kappa shape index (κ3) is 5.91. The molecule has 2 aromatic heterocycles. The van der Waals surface area contributed by atoms with Gasteiger partial charge in [0.25, 0.3) is 0 Å². The molecule has 4 atom stereocenters. The molecule has 4 aliphatic rings. The van der Waals surface area contributed by atoms with Crippen molar-refractivity contribution in [3.8, 4) is 23.2 Å². The first-order valence-corrected chi connectivity index (χ1v) is 17.3. The van der Waals surface area contributed by atoms with E-state index in [0.717, 1.165) is 31.2 Å². The number of benzene rings is 2. The van der Waals surface area contributed by atoms with E-state index in [1.807, 2.05) is 0 Å². The largest absolute Gasteiger partial charge is 0.467 e. The first-order chi connectivity index (χ1) is 24.4. The van der Waals surface area contributed by atoms with Crippen LogP contribution in [0.5, 0.6) is 6.01 Å². The Morgan fingerprint density at radius 2 is 2.00 bits per heavy atom. The summed E-state index contributed by atoms with van der Waals surface area (Å²) >= 11 is 0.685. The Kier molecular flexibility index (Phi) is 9.03. The number of thiophene rings is 1. The molecule has 0 bridgehead atoms. The van der Waals surface area contributed by atoms with E-state index in [1.165, 1.54) is 20.0 Å². The average Bonchev–Trinajstić information content (AvgIpc) is 3.91. The second kappa shape index (κ2) is 13.2. The molecule has 4 fully saturated rings. The quantitative estimate of drug-likeness (QED) is 0.219. The van der Waals surface area contributed by atoms with Gasteiger partial charge in [-0.2, -0.15) is 28.4 Å². The molecule has 4 unspecified atom stereocenters. The highest BCUT2D eigenvalue weighted by molar-refractivity contribution is 7.23. The van der Waals surface area contributed by atoms with E-state index in [4.69, 9.17) is 15.2 Å². The van der Waals surface area contributed by atoms with Gasteiger partial charge in [0.05, 0.1) is 35.0 Å². The normalized spacial score (nSPS) is 22.9. The number of likely N-dealkylation sites (N-methyl/N-ethyl adjacent to an activating group) is 1. The van der Waals surface area contributed by atoms with Gasteiger partial charge in [-0.25, -0.2) is 18.0 Å². The molecule has 2 aromatic carbocycles. The van der Waals surface area contributed by atoms with Crippen molar-refractivity contribution < 1.29 is 40.6 Å². The molecule has 4 saturated heterocycles. The van der Waals surface area contributed by atoms with E-state index >= 15 is 4.39 Å². The Morgan fingerprint density at radius 3 is 2.69 bits per heavy atom. The van der Waals surface area contributed by atoms with Gasteiger partial charge in [-0.15, -0.1) is 11.3 Å². The Bertz CT molecular complexity index is 2060. The number of nitriles is 1. The zero-order valence-corrected chi connectivity index (χ0v) is 28.4. The fourth-order valence-corrected chi connectivity index (χ4v) is 8.88. The molecular weight excluding hydrogens is 700 g/mol. The minimum Gasteiger partial charge on any atom is -0.467 e. The van der Waals surface area contributed by atoms with Crippen LogP contribution in [0.1, 0.15) is 43.7 Å². The lowest BCUT2D eigenvalue weighted by Crippen LogP contribution is -2.45. The van der Waals surface area contributed by atoms with Crippen molar-refractivity contribution in [1.82, 2.24) is 19.8 Å². The standard InChI is InChI=1S/C27H21F5N6O3S.C7H12FN/c1-3-37(16-6-7-38-17(16)10-41-26(38)39)24-12-8-14(27(30,31)32)19(20(29)21(12)35-25(36-24)40-2)11-4-5-15(28)22-18(11)13(9-33)23(34)42-22;8-6-4-7-2-1-3-9(7)5-6/h4-5,8,16-17H,3,6-7,10,34H2,1-2H3;6-7H,1-5H2. The molecular formula is C34H33F6N7O3S. The highest BCUT2D eigenvalue weighted by atomic mass is 32.1. The summed E-state index contributed by atoms with van der Waals surface area (Å²) in [7, 11) is 1.24. The van der Waals surface area contributed by atoms with Gasteiger partial charge in [0.1, 0.15) is 41.0 Å². The van der Waals surface area contributed by atoms with Crippen LogP contribution in [0.25, 0.3) is 32.1 Å². The van der Waals surface area contributed by atoms with Gasteiger partial charge in [0.2, 0.25) is 0 Å². The fraction of sp³-hybridized carbons (Fsp3) is 0.471. The Morgan fingerprint density at radius 1 is 1.22 bits per heavy atom. The number of alkyl halides is 4. The van der Waals surface area contributed by atoms with Gasteiger partial charge in [-0.05, 0) is 56.8 Å². The third-order valence-corrected chi connectivity index (χ3v) is 11.2. The molecule has 2 N–H and O–H groups in total. The van der Waals surface area contributed by atoms with Gasteiger partial charge in [0, 0.05) is 42.0 Å². The molecule has 0 radical (unpaired) electrons. The minimum atomic E-state index is -5.08. The van der Waals surface area contributed by atoms with Crippen LogP contribution in [0.15, 0.2) is 18.2 Å². The van der Waals surface area contributed by atoms with Crippen molar-refractivity contribution >= 4 is 49.2 Å². The second-order valence-corrected chi connectivity index (χ2v) is 13.9. The van der Waals surface area contributed by atoms with Gasteiger partial charge in [0.15, 0.2) is 5.82 Å². The number of hydrogen-bond acceptors (Lipinski definition) is 10. The number of nitrogens with two attached hydrogens (primary N) is 1. The summed E-state index contributed by atoms with van der Waals surface area (Å²) in [6.45, 7) is 4.34. The predicted molar refractivity (Wildman–Crippen MR) is 178 cm³/mol. The molecule has 1 amide bonds. The lowest BCUT2D eigenvalue weighted by molar-refractivity contribution is -0.137. The van der Waals surface area contributed by atoms with Gasteiger partial charge in [-0.3, -0.25) is 9.80 Å². The maximum absolute atomic E-state index is 16.6. The molecule has 270 valence electrons. The number of aromatic nitrogens is 2. The van der Waals surface area contributed by atoms with E-state index < -0.39 is 46.7 Å². The van der Waals surface area contributed by atoms with Crippen molar-refractivity contribution in [3.63, 3.8) is 0 Å². The smallest absolute Gasteiger partial charge is 0.417 e. The van der Waals surface area contributed by atoms with Crippen LogP contribution < -0.4 is 15.4 Å². The Balaban J connectivity index is 0.000000389. The maximum atomic E-state index is 16.6. The molecule has 0 saturated carbocycles. The van der Waals surface area contributed by atoms with Gasteiger partial charge >= 0.3 is 18.3 Å². The SMILES string of the molecule is CCN(c1nc(OC)nc2c(F)c(-c3ccc(F)c4sc(N)c(C#N)c34)c(C(F)(F)F)cc12)C1CCN2C(=O)OCC12.FC1CC2CCCN2C1. The highest BCUT2D eigenvalue weighted by Gasteiger charge is 2.47. The molecule has 4 aromatic rings. The number of carbonyl (C=O) groups excluding carboxylic acids is 1. The molecule has 6 heterocycles. The number of rotatable bonds is 5. The summed E-state index contributed by atoms with van der Waals surface area (Å²) in [5, 5.41) is 9.10. The van der Waals surface area contributed by atoms with Crippen LogP contribution in [0.2, 0.25) is 0 Å². The molecule has 0 aliphatic carbocycles. The van der Waals surface area contributed by atoms with Crippen molar-refractivity contribution in [2.75, 3.05) is 50.5 Å². The second-order valence-electron chi connectivity index (χ2n) is 12.9. The summed E-state index contributed by atoms with van der Waals surface area (Å²) in [6, 6.07) is 4.00. The topological polar surface area (TPSA) is 121 Å². The van der Waals surface area contributed by atoms with E-state index in [2.05, 4.69) is 14.9 Å². The lowest BCUT2D eigenvalue weighted by atomic mass is 9.92. The van der Waals surface area contributed by atoms with Crippen LogP contribution >= 0.6 is 11.3 Å². The molecule has 8 rings (SSSR count). The zero-order valence-electron chi connectivity index (χ0n) is 27.6. The number of nitrogen functional groups attached to an aromatic ring is 1. The van der Waals surface area contributed by atoms with Crippen LogP contribution in [-0.4, -0.2) is 90.1 Å². The maximum Gasteiger partial charge on any atom is 0.417 e. The van der Waals surface area contributed by atoms with Crippen molar-refractivity contribution in [2.24, 2.45) is 0 Å². The summed E-state index contributed by atoms with van der Waals surface area (Å²) in [4.78, 5) is 26.0. The number of fused-ring (bicyclic) bond motifs is 4. The molecule has 4 aliphatic heterocycles. The number of methoxy groups -OCH3 is 1. The minimum absolute atomic E-state index is 0.0109. The van der Waals surface area contributed by atoms with E-state index in [1.54, 1.807) is 22.8 Å². The molecule has 10 nitrogen and oxygen atoms in total. The monoisotopic (exact) mass is 733 g/mol. The summed E-state index contributed by atoms with van der Waals surface area (Å²) in [5.41, 5.74) is 2.52. The first-order valence-electron chi connectivity index (χ1n) is 16.5. The van der Waals surface area contributed by atoms with E-state index in [9.17, 15) is 32.0 Å². The van der Waals surface area contributed by atoms with Crippen LogP contribution in [0.4, 0.5) is 42.0 Å². The molecule has 17 heteroatoms. The lowest BCUT2D eigenvalue weighted by Gasteiger charge is -2.32. The van der Waals surface area contributed by atoms with Gasteiger partial charge in [-0.1, -0.05) is 6.07 Å².